The lowest BCUT2D eigenvalue weighted by Gasteiger charge is -2.41. The van der Waals surface area contributed by atoms with Gasteiger partial charge in [0.05, 0.1) is 12.0 Å². The number of carbonyl (C=O) groups excluding carboxylic acids is 1. The molecule has 0 aromatic carbocycles. The summed E-state index contributed by atoms with van der Waals surface area (Å²) in [6, 6.07) is 0.459. The number of hydrogen-bond donors (Lipinski definition) is 0. The molecule has 16 heavy (non-hydrogen) atoms. The Morgan fingerprint density at radius 2 is 2.19 bits per heavy atom. The third kappa shape index (κ3) is 2.51. The molecule has 0 aliphatic heterocycles. The molecule has 2 saturated carbocycles. The predicted octanol–water partition coefficient (Wildman–Crippen LogP) is 2.18. The minimum absolute atomic E-state index is 0.156. The molecular weight excluding hydrogens is 226 g/mol. The van der Waals surface area contributed by atoms with Crippen molar-refractivity contribution in [3.05, 3.63) is 0 Å². The van der Waals surface area contributed by atoms with Gasteiger partial charge in [0.2, 0.25) is 5.91 Å². The van der Waals surface area contributed by atoms with Gasteiger partial charge in [-0.3, -0.25) is 4.79 Å². The van der Waals surface area contributed by atoms with Gasteiger partial charge >= 0.3 is 0 Å². The van der Waals surface area contributed by atoms with Crippen molar-refractivity contribution in [2.45, 2.75) is 50.2 Å². The first-order valence-corrected chi connectivity index (χ1v) is 6.65. The summed E-state index contributed by atoms with van der Waals surface area (Å²) in [7, 11) is 1.72. The topological polar surface area (TPSA) is 29.5 Å². The van der Waals surface area contributed by atoms with Gasteiger partial charge < -0.3 is 9.64 Å². The van der Waals surface area contributed by atoms with E-state index in [1.807, 2.05) is 4.90 Å². The van der Waals surface area contributed by atoms with E-state index in [1.54, 1.807) is 7.11 Å². The van der Waals surface area contributed by atoms with E-state index in [0.29, 0.717) is 24.9 Å². The summed E-state index contributed by atoms with van der Waals surface area (Å²) in [5, 5.41) is 0. The Morgan fingerprint density at radius 3 is 2.56 bits per heavy atom. The van der Waals surface area contributed by atoms with Crippen molar-refractivity contribution in [3.8, 4) is 0 Å². The van der Waals surface area contributed by atoms with E-state index in [1.165, 1.54) is 6.42 Å². The van der Waals surface area contributed by atoms with Crippen LogP contribution < -0.4 is 0 Å². The SMILES string of the molecule is COC1(CC(=O)N(CCCl)C2CC2)CCC1. The second-order valence-corrected chi connectivity index (χ2v) is 5.30. The minimum atomic E-state index is -0.156. The number of rotatable bonds is 6. The number of ether oxygens (including phenoxy) is 1. The fraction of sp³-hybridized carbons (Fsp3) is 0.917. The van der Waals surface area contributed by atoms with E-state index in [-0.39, 0.29) is 11.5 Å². The van der Waals surface area contributed by atoms with Gasteiger partial charge in [0, 0.05) is 25.6 Å². The van der Waals surface area contributed by atoms with Gasteiger partial charge in [-0.05, 0) is 32.1 Å². The molecule has 2 aliphatic rings. The van der Waals surface area contributed by atoms with Crippen molar-refractivity contribution < 1.29 is 9.53 Å². The largest absolute Gasteiger partial charge is 0.378 e. The molecule has 0 radical (unpaired) electrons. The number of nitrogens with zero attached hydrogens (tertiary/aromatic N) is 1. The molecule has 0 saturated heterocycles. The first kappa shape index (κ1) is 12.2. The maximum atomic E-state index is 12.2. The van der Waals surface area contributed by atoms with Crippen molar-refractivity contribution in [2.75, 3.05) is 19.5 Å². The first-order valence-electron chi connectivity index (χ1n) is 6.11. The van der Waals surface area contributed by atoms with Crippen LogP contribution in [0.4, 0.5) is 0 Å². The van der Waals surface area contributed by atoms with Gasteiger partial charge in [0.25, 0.3) is 0 Å². The molecule has 2 aliphatic carbocycles. The molecule has 0 aromatic heterocycles. The average Bonchev–Trinajstić information content (AvgIpc) is 3.03. The molecule has 0 spiro atoms. The Kier molecular flexibility index (Phi) is 3.75. The van der Waals surface area contributed by atoms with E-state index in [2.05, 4.69) is 0 Å². The maximum absolute atomic E-state index is 12.2. The zero-order chi connectivity index (χ0) is 11.6. The lowest BCUT2D eigenvalue weighted by atomic mass is 9.77. The van der Waals surface area contributed by atoms with Crippen LogP contribution in [-0.2, 0) is 9.53 Å². The Hall–Kier alpha value is -0.280. The molecule has 2 fully saturated rings. The molecule has 0 unspecified atom stereocenters. The molecule has 3 nitrogen and oxygen atoms in total. The van der Waals surface area contributed by atoms with Crippen LogP contribution in [0.2, 0.25) is 0 Å². The Morgan fingerprint density at radius 1 is 1.50 bits per heavy atom. The highest BCUT2D eigenvalue weighted by Gasteiger charge is 2.42. The monoisotopic (exact) mass is 245 g/mol. The summed E-state index contributed by atoms with van der Waals surface area (Å²) in [6.45, 7) is 0.685. The minimum Gasteiger partial charge on any atom is -0.378 e. The molecule has 0 heterocycles. The third-order valence-electron chi connectivity index (χ3n) is 3.80. The average molecular weight is 246 g/mol. The molecule has 4 heteroatoms. The summed E-state index contributed by atoms with van der Waals surface area (Å²) >= 11 is 5.74. The Labute approximate surface area is 102 Å². The van der Waals surface area contributed by atoms with Gasteiger partial charge in [-0.25, -0.2) is 0 Å². The van der Waals surface area contributed by atoms with Gasteiger partial charge in [0.1, 0.15) is 0 Å². The standard InChI is InChI=1S/C12H20ClNO2/c1-16-12(5-2-6-12)9-11(15)14(8-7-13)10-3-4-10/h10H,2-9H2,1H3. The van der Waals surface area contributed by atoms with E-state index >= 15 is 0 Å². The third-order valence-corrected chi connectivity index (χ3v) is 3.97. The number of amides is 1. The fourth-order valence-corrected chi connectivity index (χ4v) is 2.57. The van der Waals surface area contributed by atoms with Crippen molar-refractivity contribution >= 4 is 17.5 Å². The van der Waals surface area contributed by atoms with Crippen molar-refractivity contribution in [3.63, 3.8) is 0 Å². The number of hydrogen-bond acceptors (Lipinski definition) is 2. The van der Waals surface area contributed by atoms with Gasteiger partial charge in [-0.1, -0.05) is 0 Å². The van der Waals surface area contributed by atoms with Crippen molar-refractivity contribution in [1.29, 1.82) is 0 Å². The summed E-state index contributed by atoms with van der Waals surface area (Å²) in [5.74, 6) is 0.757. The normalized spacial score (nSPS) is 22.6. The second-order valence-electron chi connectivity index (χ2n) is 4.92. The highest BCUT2D eigenvalue weighted by molar-refractivity contribution is 6.18. The predicted molar refractivity (Wildman–Crippen MR) is 63.7 cm³/mol. The summed E-state index contributed by atoms with van der Waals surface area (Å²) in [5.41, 5.74) is -0.156. The summed E-state index contributed by atoms with van der Waals surface area (Å²) in [6.07, 6.45) is 6.05. The zero-order valence-electron chi connectivity index (χ0n) is 9.88. The quantitative estimate of drug-likeness (QED) is 0.672. The number of carbonyl (C=O) groups is 1. The molecule has 2 rings (SSSR count). The van der Waals surface area contributed by atoms with Gasteiger partial charge in [0.15, 0.2) is 0 Å². The smallest absolute Gasteiger partial charge is 0.225 e. The molecular formula is C12H20ClNO2. The van der Waals surface area contributed by atoms with Crippen molar-refractivity contribution in [1.82, 2.24) is 4.90 Å². The first-order chi connectivity index (χ1) is 7.71. The number of alkyl halides is 1. The Bertz CT molecular complexity index is 256. The van der Waals surface area contributed by atoms with Crippen LogP contribution in [0.3, 0.4) is 0 Å². The zero-order valence-corrected chi connectivity index (χ0v) is 10.6. The lowest BCUT2D eigenvalue weighted by Crippen LogP contribution is -2.46. The second kappa shape index (κ2) is 4.92. The maximum Gasteiger partial charge on any atom is 0.225 e. The van der Waals surface area contributed by atoms with Crippen molar-refractivity contribution in [2.24, 2.45) is 0 Å². The Balaban J connectivity index is 1.89. The summed E-state index contributed by atoms with van der Waals surface area (Å²) < 4.78 is 5.49. The van der Waals surface area contributed by atoms with E-state index in [0.717, 1.165) is 25.7 Å². The van der Waals surface area contributed by atoms with Crippen LogP contribution in [0, 0.1) is 0 Å². The van der Waals surface area contributed by atoms with Gasteiger partial charge in [-0.2, -0.15) is 0 Å². The van der Waals surface area contributed by atoms with E-state index < -0.39 is 0 Å². The van der Waals surface area contributed by atoms with Crippen LogP contribution in [0.1, 0.15) is 38.5 Å². The number of methoxy groups -OCH3 is 1. The lowest BCUT2D eigenvalue weighted by molar-refractivity contribution is -0.144. The van der Waals surface area contributed by atoms with E-state index in [9.17, 15) is 4.79 Å². The van der Waals surface area contributed by atoms with E-state index in [4.69, 9.17) is 16.3 Å². The highest BCUT2D eigenvalue weighted by atomic mass is 35.5. The summed E-state index contributed by atoms with van der Waals surface area (Å²) in [4.78, 5) is 14.1. The molecule has 0 bridgehead atoms. The molecule has 0 N–H and O–H groups in total. The number of halogens is 1. The molecule has 1 amide bonds. The molecule has 0 aromatic rings. The highest BCUT2D eigenvalue weighted by Crippen LogP contribution is 2.39. The van der Waals surface area contributed by atoms with Crippen LogP contribution in [-0.4, -0.2) is 42.0 Å². The van der Waals surface area contributed by atoms with Gasteiger partial charge in [-0.15, -0.1) is 11.6 Å². The molecule has 0 atom stereocenters. The van der Waals surface area contributed by atoms with Crippen LogP contribution >= 0.6 is 11.6 Å². The van der Waals surface area contributed by atoms with Crippen LogP contribution in [0.15, 0.2) is 0 Å². The molecule has 92 valence electrons. The van der Waals surface area contributed by atoms with Crippen LogP contribution in [0.25, 0.3) is 0 Å². The van der Waals surface area contributed by atoms with Crippen LogP contribution in [0.5, 0.6) is 0 Å². The fourth-order valence-electron chi connectivity index (χ4n) is 2.39.